The number of likely N-dealkylation sites (tertiary alicyclic amines) is 1. The quantitative estimate of drug-likeness (QED) is 0.840. The molecule has 2 heterocycles. The molecule has 2 saturated heterocycles. The number of hydrogen-bond acceptors (Lipinski definition) is 5. The Morgan fingerprint density at radius 2 is 1.88 bits per heavy atom. The van der Waals surface area contributed by atoms with E-state index in [1.54, 1.807) is 17.0 Å². The summed E-state index contributed by atoms with van der Waals surface area (Å²) in [5.74, 6) is -0.404. The van der Waals surface area contributed by atoms with Gasteiger partial charge in [0.25, 0.3) is 0 Å². The molecule has 1 aromatic rings. The van der Waals surface area contributed by atoms with E-state index < -0.39 is 11.6 Å². The van der Waals surface area contributed by atoms with Crippen molar-refractivity contribution < 1.29 is 24.3 Å². The zero-order valence-corrected chi connectivity index (χ0v) is 14.2. The summed E-state index contributed by atoms with van der Waals surface area (Å²) in [5.41, 5.74) is -1.27. The van der Waals surface area contributed by atoms with Crippen molar-refractivity contribution in [2.75, 3.05) is 32.8 Å². The first-order valence-electron chi connectivity index (χ1n) is 8.72. The molecule has 25 heavy (non-hydrogen) atoms. The molecule has 0 aromatic heterocycles. The van der Waals surface area contributed by atoms with Crippen LogP contribution >= 0.6 is 0 Å². The zero-order chi connectivity index (χ0) is 17.7. The second-order valence-corrected chi connectivity index (χ2v) is 6.46. The molecule has 0 saturated carbocycles. The van der Waals surface area contributed by atoms with E-state index in [4.69, 9.17) is 9.57 Å². The molecule has 0 radical (unpaired) electrons. The normalized spacial score (nSPS) is 20.4. The average molecular weight is 348 g/mol. The van der Waals surface area contributed by atoms with E-state index >= 15 is 0 Å². The van der Waals surface area contributed by atoms with Crippen LogP contribution in [0.15, 0.2) is 30.3 Å². The van der Waals surface area contributed by atoms with Crippen molar-refractivity contribution in [2.24, 2.45) is 0 Å². The van der Waals surface area contributed by atoms with E-state index in [0.29, 0.717) is 31.8 Å². The van der Waals surface area contributed by atoms with Crippen molar-refractivity contribution in [1.29, 1.82) is 0 Å². The third kappa shape index (κ3) is 4.29. The number of carbonyl (C=O) groups is 2. The molecule has 0 aliphatic carbocycles. The number of carbonyl (C=O) groups excluding carboxylic acids is 1. The van der Waals surface area contributed by atoms with Crippen LogP contribution in [-0.4, -0.2) is 65.3 Å². The highest BCUT2D eigenvalue weighted by atomic mass is 16.7. The van der Waals surface area contributed by atoms with Gasteiger partial charge in [-0.15, -0.1) is 0 Å². The van der Waals surface area contributed by atoms with Crippen molar-refractivity contribution in [2.45, 2.75) is 31.3 Å². The minimum atomic E-state index is -1.27. The monoisotopic (exact) mass is 348 g/mol. The summed E-state index contributed by atoms with van der Waals surface area (Å²) < 4.78 is 5.81. The topological polar surface area (TPSA) is 79.3 Å². The summed E-state index contributed by atoms with van der Waals surface area (Å²) in [4.78, 5) is 31.3. The van der Waals surface area contributed by atoms with Gasteiger partial charge in [0, 0.05) is 45.4 Å². The van der Waals surface area contributed by atoms with Gasteiger partial charge in [0.05, 0.1) is 6.61 Å². The number of carboxylic acid groups (broad SMARTS) is 1. The number of para-hydroxylation sites is 1. The molecule has 0 bridgehead atoms. The number of nitrogens with zero attached hydrogens (tertiary/aromatic N) is 2. The molecule has 1 aromatic carbocycles. The molecule has 2 aliphatic heterocycles. The highest BCUT2D eigenvalue weighted by Gasteiger charge is 2.44. The number of ether oxygens (including phenoxy) is 1. The molecule has 2 fully saturated rings. The predicted octanol–water partition coefficient (Wildman–Crippen LogP) is 1.54. The van der Waals surface area contributed by atoms with Gasteiger partial charge in [-0.2, -0.15) is 5.06 Å². The SMILES string of the molecule is O=C(CCN1CCCO1)N1CCC(Oc2ccccc2)(C(=O)O)CC1. The van der Waals surface area contributed by atoms with Gasteiger partial charge in [-0.3, -0.25) is 9.63 Å². The maximum Gasteiger partial charge on any atom is 0.348 e. The summed E-state index contributed by atoms with van der Waals surface area (Å²) >= 11 is 0. The van der Waals surface area contributed by atoms with Gasteiger partial charge in [-0.1, -0.05) is 18.2 Å². The van der Waals surface area contributed by atoms with Gasteiger partial charge in [-0.05, 0) is 18.6 Å². The Kier molecular flexibility index (Phi) is 5.55. The number of hydrogen-bond donors (Lipinski definition) is 1. The van der Waals surface area contributed by atoms with Crippen LogP contribution in [0.2, 0.25) is 0 Å². The molecule has 136 valence electrons. The summed E-state index contributed by atoms with van der Waals surface area (Å²) in [6.45, 7) is 2.94. The first kappa shape index (κ1) is 17.7. The van der Waals surface area contributed by atoms with E-state index in [1.807, 2.05) is 23.3 Å². The number of carboxylic acids is 1. The predicted molar refractivity (Wildman–Crippen MR) is 90.0 cm³/mol. The Labute approximate surface area is 147 Å². The van der Waals surface area contributed by atoms with Crippen molar-refractivity contribution in [3.05, 3.63) is 30.3 Å². The average Bonchev–Trinajstić information content (AvgIpc) is 3.14. The van der Waals surface area contributed by atoms with E-state index in [0.717, 1.165) is 19.6 Å². The van der Waals surface area contributed by atoms with Crippen LogP contribution in [0, 0.1) is 0 Å². The zero-order valence-electron chi connectivity index (χ0n) is 14.2. The molecule has 3 rings (SSSR count). The van der Waals surface area contributed by atoms with E-state index in [1.165, 1.54) is 0 Å². The lowest BCUT2D eigenvalue weighted by Crippen LogP contribution is -2.54. The Morgan fingerprint density at radius 3 is 2.48 bits per heavy atom. The summed E-state index contributed by atoms with van der Waals surface area (Å²) in [6, 6.07) is 8.97. The van der Waals surface area contributed by atoms with Gasteiger partial charge in [0.2, 0.25) is 11.5 Å². The molecule has 1 amide bonds. The maximum atomic E-state index is 12.3. The Bertz CT molecular complexity index is 593. The lowest BCUT2D eigenvalue weighted by molar-refractivity contribution is -0.162. The number of hydroxylamine groups is 2. The fourth-order valence-corrected chi connectivity index (χ4v) is 3.24. The molecule has 7 nitrogen and oxygen atoms in total. The smallest absolute Gasteiger partial charge is 0.348 e. The molecule has 0 atom stereocenters. The number of rotatable bonds is 6. The molecule has 2 aliphatic rings. The molecule has 0 unspecified atom stereocenters. The van der Waals surface area contributed by atoms with Gasteiger partial charge in [0.1, 0.15) is 5.75 Å². The number of aliphatic carboxylic acids is 1. The molecular formula is C18H24N2O5. The Morgan fingerprint density at radius 1 is 1.16 bits per heavy atom. The largest absolute Gasteiger partial charge is 0.478 e. The lowest BCUT2D eigenvalue weighted by Gasteiger charge is -2.39. The summed E-state index contributed by atoms with van der Waals surface area (Å²) in [7, 11) is 0. The standard InChI is InChI=1S/C18H24N2O5/c21-16(7-11-20-10-4-14-24-20)19-12-8-18(9-13-19,17(22)23)25-15-5-2-1-3-6-15/h1-3,5-6H,4,7-14H2,(H,22,23). The maximum absolute atomic E-state index is 12.3. The number of benzene rings is 1. The highest BCUT2D eigenvalue weighted by Crippen LogP contribution is 2.29. The van der Waals surface area contributed by atoms with Crippen LogP contribution in [-0.2, 0) is 14.4 Å². The van der Waals surface area contributed by atoms with Crippen molar-refractivity contribution in [3.8, 4) is 5.75 Å². The summed E-state index contributed by atoms with van der Waals surface area (Å²) in [5, 5.41) is 11.5. The van der Waals surface area contributed by atoms with Crippen LogP contribution in [0.4, 0.5) is 0 Å². The van der Waals surface area contributed by atoms with Gasteiger partial charge >= 0.3 is 5.97 Å². The molecule has 7 heteroatoms. The first-order chi connectivity index (χ1) is 12.1. The summed E-state index contributed by atoms with van der Waals surface area (Å²) in [6.07, 6.45) is 1.95. The lowest BCUT2D eigenvalue weighted by atomic mass is 9.91. The van der Waals surface area contributed by atoms with Crippen LogP contribution < -0.4 is 4.74 Å². The fraction of sp³-hybridized carbons (Fsp3) is 0.556. The third-order valence-corrected chi connectivity index (χ3v) is 4.77. The molecule has 0 spiro atoms. The van der Waals surface area contributed by atoms with Crippen molar-refractivity contribution >= 4 is 11.9 Å². The Balaban J connectivity index is 1.54. The molecular weight excluding hydrogens is 324 g/mol. The van der Waals surface area contributed by atoms with Crippen molar-refractivity contribution in [1.82, 2.24) is 9.96 Å². The number of piperidine rings is 1. The first-order valence-corrected chi connectivity index (χ1v) is 8.72. The van der Waals surface area contributed by atoms with Crippen LogP contribution in [0.25, 0.3) is 0 Å². The number of amides is 1. The van der Waals surface area contributed by atoms with Gasteiger partial charge < -0.3 is 14.7 Å². The second-order valence-electron chi connectivity index (χ2n) is 6.46. The minimum absolute atomic E-state index is 0.0363. The second kappa shape index (κ2) is 7.84. The van der Waals surface area contributed by atoms with E-state index in [-0.39, 0.29) is 18.7 Å². The van der Waals surface area contributed by atoms with Crippen LogP contribution in [0.3, 0.4) is 0 Å². The van der Waals surface area contributed by atoms with E-state index in [9.17, 15) is 14.7 Å². The molecule has 1 N–H and O–H groups in total. The van der Waals surface area contributed by atoms with E-state index in [2.05, 4.69) is 0 Å². The fourth-order valence-electron chi connectivity index (χ4n) is 3.24. The third-order valence-electron chi connectivity index (χ3n) is 4.77. The Hall–Kier alpha value is -2.12. The van der Waals surface area contributed by atoms with Crippen LogP contribution in [0.1, 0.15) is 25.7 Å². The van der Waals surface area contributed by atoms with Gasteiger partial charge in [0.15, 0.2) is 0 Å². The highest BCUT2D eigenvalue weighted by molar-refractivity contribution is 5.80. The van der Waals surface area contributed by atoms with Crippen LogP contribution in [0.5, 0.6) is 5.75 Å². The minimum Gasteiger partial charge on any atom is -0.478 e. The van der Waals surface area contributed by atoms with Gasteiger partial charge in [-0.25, -0.2) is 4.79 Å². The van der Waals surface area contributed by atoms with Crippen molar-refractivity contribution in [3.63, 3.8) is 0 Å².